The molecule has 1 aromatic heterocycles. The number of benzene rings is 1. The molecule has 0 aliphatic heterocycles. The van der Waals surface area contributed by atoms with Gasteiger partial charge in [0.2, 0.25) is 0 Å². The Morgan fingerprint density at radius 3 is 2.65 bits per heavy atom. The minimum atomic E-state index is -0.942. The second kappa shape index (κ2) is 6.29. The summed E-state index contributed by atoms with van der Waals surface area (Å²) in [5, 5.41) is 10.5. The molecule has 0 saturated heterocycles. The summed E-state index contributed by atoms with van der Waals surface area (Å²) in [6.45, 7) is 3.98. The first-order valence-electron chi connectivity index (χ1n) is 6.14. The molecule has 1 heterocycles. The van der Waals surface area contributed by atoms with Gasteiger partial charge in [0.05, 0.1) is 5.56 Å². The number of hydrogen-bond donors (Lipinski definition) is 1. The second-order valence-corrected chi connectivity index (χ2v) is 6.17. The fourth-order valence-corrected chi connectivity index (χ4v) is 2.81. The fraction of sp³-hybridized carbons (Fsp3) is 0.200. The van der Waals surface area contributed by atoms with Crippen molar-refractivity contribution in [1.29, 1.82) is 0 Å². The number of halogens is 1. The van der Waals surface area contributed by atoms with E-state index in [1.807, 2.05) is 32.0 Å². The van der Waals surface area contributed by atoms with Crippen molar-refractivity contribution >= 4 is 29.3 Å². The Labute approximate surface area is 127 Å². The van der Waals surface area contributed by atoms with Crippen LogP contribution in [0, 0.1) is 0 Å². The summed E-state index contributed by atoms with van der Waals surface area (Å²) < 4.78 is 0. The number of pyridine rings is 1. The average Bonchev–Trinajstić information content (AvgIpc) is 2.38. The SMILES string of the molecule is CC(C)c1cc(C(=O)O)cc(Sc2cccc(Cl)c2)n1. The predicted octanol–water partition coefficient (Wildman–Crippen LogP) is 4.71. The Hall–Kier alpha value is -1.52. The van der Waals surface area contributed by atoms with E-state index in [0.29, 0.717) is 10.0 Å². The molecule has 2 rings (SSSR count). The first kappa shape index (κ1) is 14.9. The highest BCUT2D eigenvalue weighted by atomic mass is 35.5. The number of hydrogen-bond acceptors (Lipinski definition) is 3. The summed E-state index contributed by atoms with van der Waals surface area (Å²) in [6.07, 6.45) is 0. The largest absolute Gasteiger partial charge is 0.478 e. The van der Waals surface area contributed by atoms with Gasteiger partial charge in [0.1, 0.15) is 5.03 Å². The van der Waals surface area contributed by atoms with Crippen molar-refractivity contribution in [2.75, 3.05) is 0 Å². The Balaban J connectivity index is 2.38. The summed E-state index contributed by atoms with van der Waals surface area (Å²) in [4.78, 5) is 16.6. The quantitative estimate of drug-likeness (QED) is 0.889. The van der Waals surface area contributed by atoms with Gasteiger partial charge in [-0.3, -0.25) is 0 Å². The van der Waals surface area contributed by atoms with Gasteiger partial charge < -0.3 is 5.11 Å². The lowest BCUT2D eigenvalue weighted by Gasteiger charge is -2.09. The van der Waals surface area contributed by atoms with Crippen molar-refractivity contribution in [2.24, 2.45) is 0 Å². The van der Waals surface area contributed by atoms with E-state index in [4.69, 9.17) is 16.7 Å². The van der Waals surface area contributed by atoms with E-state index in [-0.39, 0.29) is 11.5 Å². The maximum Gasteiger partial charge on any atom is 0.335 e. The van der Waals surface area contributed by atoms with Crippen LogP contribution in [-0.2, 0) is 0 Å². The molecule has 0 saturated carbocycles. The van der Waals surface area contributed by atoms with Gasteiger partial charge in [-0.05, 0) is 36.2 Å². The molecule has 0 fully saturated rings. The Morgan fingerprint density at radius 2 is 2.05 bits per heavy atom. The number of carboxylic acid groups (broad SMARTS) is 1. The number of aromatic carboxylic acids is 1. The minimum absolute atomic E-state index is 0.174. The van der Waals surface area contributed by atoms with Crippen LogP contribution >= 0.6 is 23.4 Å². The van der Waals surface area contributed by atoms with Crippen LogP contribution in [0.3, 0.4) is 0 Å². The van der Waals surface area contributed by atoms with Crippen LogP contribution in [0.1, 0.15) is 35.8 Å². The summed E-state index contributed by atoms with van der Waals surface area (Å²) >= 11 is 7.35. The smallest absolute Gasteiger partial charge is 0.335 e. The Morgan fingerprint density at radius 1 is 1.30 bits per heavy atom. The van der Waals surface area contributed by atoms with Gasteiger partial charge in [0.25, 0.3) is 0 Å². The topological polar surface area (TPSA) is 50.2 Å². The first-order chi connectivity index (χ1) is 9.45. The van der Waals surface area contributed by atoms with Crippen LogP contribution in [0.2, 0.25) is 5.02 Å². The monoisotopic (exact) mass is 307 g/mol. The lowest BCUT2D eigenvalue weighted by Crippen LogP contribution is -2.02. The third kappa shape index (κ3) is 3.74. The number of nitrogens with zero attached hydrogens (tertiary/aromatic N) is 1. The molecule has 104 valence electrons. The number of carboxylic acids is 1. The molecule has 0 amide bonds. The molecule has 0 atom stereocenters. The van der Waals surface area contributed by atoms with Crippen LogP contribution < -0.4 is 0 Å². The summed E-state index contributed by atoms with van der Waals surface area (Å²) in [5.74, 6) is -0.768. The standard InChI is InChI=1S/C15H14ClNO2S/c1-9(2)13-6-10(15(18)19)7-14(17-13)20-12-5-3-4-11(16)8-12/h3-9H,1-2H3,(H,18,19). The predicted molar refractivity (Wildman–Crippen MR) is 80.9 cm³/mol. The zero-order chi connectivity index (χ0) is 14.7. The van der Waals surface area contributed by atoms with Gasteiger partial charge in [-0.25, -0.2) is 9.78 Å². The molecular weight excluding hydrogens is 294 g/mol. The molecule has 1 aromatic carbocycles. The maximum absolute atomic E-state index is 11.2. The van der Waals surface area contributed by atoms with Crippen LogP contribution in [0.5, 0.6) is 0 Å². The maximum atomic E-state index is 11.2. The zero-order valence-corrected chi connectivity index (χ0v) is 12.7. The average molecular weight is 308 g/mol. The third-order valence-electron chi connectivity index (χ3n) is 2.68. The lowest BCUT2D eigenvalue weighted by molar-refractivity contribution is 0.0696. The normalized spacial score (nSPS) is 10.8. The van der Waals surface area contributed by atoms with Crippen molar-refractivity contribution in [3.63, 3.8) is 0 Å². The highest BCUT2D eigenvalue weighted by Crippen LogP contribution is 2.30. The molecule has 3 nitrogen and oxygen atoms in total. The van der Waals surface area contributed by atoms with Gasteiger partial charge in [-0.1, -0.05) is 43.3 Å². The molecule has 0 radical (unpaired) electrons. The summed E-state index contributed by atoms with van der Waals surface area (Å²) in [6, 6.07) is 10.6. The van der Waals surface area contributed by atoms with E-state index in [0.717, 1.165) is 10.6 Å². The van der Waals surface area contributed by atoms with Crippen molar-refractivity contribution in [1.82, 2.24) is 4.98 Å². The van der Waals surface area contributed by atoms with Crippen molar-refractivity contribution in [3.05, 3.63) is 52.7 Å². The Kier molecular flexibility index (Phi) is 4.68. The van der Waals surface area contributed by atoms with Gasteiger partial charge in [-0.15, -0.1) is 0 Å². The molecule has 5 heteroatoms. The van der Waals surface area contributed by atoms with Crippen LogP contribution in [0.15, 0.2) is 46.3 Å². The number of carbonyl (C=O) groups is 1. The van der Waals surface area contributed by atoms with E-state index in [9.17, 15) is 4.79 Å². The van der Waals surface area contributed by atoms with E-state index < -0.39 is 5.97 Å². The van der Waals surface area contributed by atoms with Gasteiger partial charge in [0, 0.05) is 15.6 Å². The van der Waals surface area contributed by atoms with Crippen LogP contribution in [0.25, 0.3) is 0 Å². The van der Waals surface area contributed by atoms with E-state index in [1.54, 1.807) is 18.2 Å². The van der Waals surface area contributed by atoms with E-state index >= 15 is 0 Å². The molecular formula is C15H14ClNO2S. The number of aromatic nitrogens is 1. The molecule has 0 unspecified atom stereocenters. The highest BCUT2D eigenvalue weighted by Gasteiger charge is 2.11. The van der Waals surface area contributed by atoms with Crippen molar-refractivity contribution in [2.45, 2.75) is 29.7 Å². The second-order valence-electron chi connectivity index (χ2n) is 4.64. The fourth-order valence-electron chi connectivity index (χ4n) is 1.65. The van der Waals surface area contributed by atoms with Crippen LogP contribution in [-0.4, -0.2) is 16.1 Å². The molecule has 0 aliphatic rings. The minimum Gasteiger partial charge on any atom is -0.478 e. The van der Waals surface area contributed by atoms with Gasteiger partial charge >= 0.3 is 5.97 Å². The zero-order valence-electron chi connectivity index (χ0n) is 11.1. The van der Waals surface area contributed by atoms with E-state index in [1.165, 1.54) is 11.8 Å². The first-order valence-corrected chi connectivity index (χ1v) is 7.34. The van der Waals surface area contributed by atoms with Gasteiger partial charge in [-0.2, -0.15) is 0 Å². The van der Waals surface area contributed by atoms with E-state index in [2.05, 4.69) is 4.98 Å². The van der Waals surface area contributed by atoms with Crippen molar-refractivity contribution in [3.8, 4) is 0 Å². The molecule has 0 aliphatic carbocycles. The van der Waals surface area contributed by atoms with Crippen LogP contribution in [0.4, 0.5) is 0 Å². The number of rotatable bonds is 4. The Bertz CT molecular complexity index is 644. The molecule has 0 spiro atoms. The molecule has 2 aromatic rings. The molecule has 1 N–H and O–H groups in total. The highest BCUT2D eigenvalue weighted by molar-refractivity contribution is 7.99. The van der Waals surface area contributed by atoms with Crippen molar-refractivity contribution < 1.29 is 9.90 Å². The summed E-state index contributed by atoms with van der Waals surface area (Å²) in [5.41, 5.74) is 1.03. The van der Waals surface area contributed by atoms with Gasteiger partial charge in [0.15, 0.2) is 0 Å². The summed E-state index contributed by atoms with van der Waals surface area (Å²) in [7, 11) is 0. The molecule has 20 heavy (non-hydrogen) atoms. The lowest BCUT2D eigenvalue weighted by atomic mass is 10.1. The third-order valence-corrected chi connectivity index (χ3v) is 3.82. The molecule has 0 bridgehead atoms.